The van der Waals surface area contributed by atoms with E-state index < -0.39 is 0 Å². The van der Waals surface area contributed by atoms with Gasteiger partial charge in [0.15, 0.2) is 0 Å². The molecule has 0 unspecified atom stereocenters. The van der Waals surface area contributed by atoms with Crippen molar-refractivity contribution in [2.24, 2.45) is 5.73 Å². The van der Waals surface area contributed by atoms with Gasteiger partial charge in [-0.25, -0.2) is 9.37 Å². The lowest BCUT2D eigenvalue weighted by Gasteiger charge is -2.23. The first kappa shape index (κ1) is 12.9. The van der Waals surface area contributed by atoms with E-state index in [9.17, 15) is 4.39 Å². The fourth-order valence-electron chi connectivity index (χ4n) is 1.67. The number of anilines is 1. The fourth-order valence-corrected chi connectivity index (χ4v) is 1.67. The lowest BCUT2D eigenvalue weighted by atomic mass is 10.2. The molecule has 4 heteroatoms. The van der Waals surface area contributed by atoms with E-state index in [4.69, 9.17) is 5.73 Å². The topological polar surface area (TPSA) is 42.2 Å². The predicted octanol–water partition coefficient (Wildman–Crippen LogP) is 2.31. The monoisotopic (exact) mass is 225 g/mol. The van der Waals surface area contributed by atoms with Gasteiger partial charge in [0.1, 0.15) is 11.6 Å². The summed E-state index contributed by atoms with van der Waals surface area (Å²) in [4.78, 5) is 6.29. The number of hydrogen-bond donors (Lipinski definition) is 1. The Bertz CT molecular complexity index is 328. The second-order valence-corrected chi connectivity index (χ2v) is 3.77. The van der Waals surface area contributed by atoms with Crippen molar-refractivity contribution >= 4 is 5.82 Å². The van der Waals surface area contributed by atoms with Gasteiger partial charge < -0.3 is 10.6 Å². The summed E-state index contributed by atoms with van der Waals surface area (Å²) < 4.78 is 13.0. The summed E-state index contributed by atoms with van der Waals surface area (Å²) >= 11 is 0. The number of pyridine rings is 1. The molecule has 16 heavy (non-hydrogen) atoms. The number of hydrogen-bond acceptors (Lipinski definition) is 3. The molecular formula is C12H20FN3. The lowest BCUT2D eigenvalue weighted by Crippen LogP contribution is -2.26. The molecule has 0 atom stereocenters. The van der Waals surface area contributed by atoms with Crippen LogP contribution in [0.2, 0.25) is 0 Å². The Morgan fingerprint density at radius 2 is 2.19 bits per heavy atom. The van der Waals surface area contributed by atoms with Crippen molar-refractivity contribution < 1.29 is 4.39 Å². The van der Waals surface area contributed by atoms with Crippen LogP contribution in [-0.4, -0.2) is 18.1 Å². The average molecular weight is 225 g/mol. The highest BCUT2D eigenvalue weighted by molar-refractivity contribution is 5.46. The summed E-state index contributed by atoms with van der Waals surface area (Å²) in [6, 6.07) is 1.47. The molecule has 3 nitrogen and oxygen atoms in total. The van der Waals surface area contributed by atoms with Gasteiger partial charge in [0, 0.05) is 25.2 Å². The number of nitrogens with zero attached hydrogens (tertiary/aromatic N) is 2. The molecule has 2 N–H and O–H groups in total. The maximum Gasteiger partial charge on any atom is 0.141 e. The van der Waals surface area contributed by atoms with Crippen LogP contribution in [0.1, 0.15) is 32.3 Å². The SMILES string of the molecule is CCCCN(CC)c1ncc(F)cc1CN. The van der Waals surface area contributed by atoms with E-state index in [-0.39, 0.29) is 5.82 Å². The van der Waals surface area contributed by atoms with Crippen molar-refractivity contribution in [2.75, 3.05) is 18.0 Å². The summed E-state index contributed by atoms with van der Waals surface area (Å²) in [6.07, 6.45) is 3.50. The maximum atomic E-state index is 13.0. The van der Waals surface area contributed by atoms with Gasteiger partial charge in [-0.1, -0.05) is 13.3 Å². The standard InChI is InChI=1S/C12H20FN3/c1-3-5-6-16(4-2)12-10(8-14)7-11(13)9-15-12/h7,9H,3-6,8,14H2,1-2H3. The van der Waals surface area contributed by atoms with Crippen molar-refractivity contribution in [3.8, 4) is 0 Å². The van der Waals surface area contributed by atoms with Gasteiger partial charge in [-0.3, -0.25) is 0 Å². The third-order valence-corrected chi connectivity index (χ3v) is 2.59. The van der Waals surface area contributed by atoms with Gasteiger partial charge in [-0.05, 0) is 19.4 Å². The molecule has 90 valence electrons. The van der Waals surface area contributed by atoms with E-state index in [0.29, 0.717) is 6.54 Å². The van der Waals surface area contributed by atoms with Crippen molar-refractivity contribution in [2.45, 2.75) is 33.2 Å². The average Bonchev–Trinajstić information content (AvgIpc) is 2.31. The first-order valence-electron chi connectivity index (χ1n) is 5.82. The molecule has 1 rings (SSSR count). The zero-order chi connectivity index (χ0) is 12.0. The summed E-state index contributed by atoms with van der Waals surface area (Å²) in [5, 5.41) is 0. The molecule has 0 aliphatic rings. The Hall–Kier alpha value is -1.16. The fraction of sp³-hybridized carbons (Fsp3) is 0.583. The van der Waals surface area contributed by atoms with Gasteiger partial charge in [-0.15, -0.1) is 0 Å². The van der Waals surface area contributed by atoms with Gasteiger partial charge in [-0.2, -0.15) is 0 Å². The van der Waals surface area contributed by atoms with Crippen LogP contribution < -0.4 is 10.6 Å². The second kappa shape index (κ2) is 6.43. The van der Waals surface area contributed by atoms with Gasteiger partial charge >= 0.3 is 0 Å². The predicted molar refractivity (Wildman–Crippen MR) is 64.9 cm³/mol. The number of rotatable bonds is 6. The molecule has 0 saturated heterocycles. The first-order chi connectivity index (χ1) is 7.72. The molecule has 1 aromatic heterocycles. The lowest BCUT2D eigenvalue weighted by molar-refractivity contribution is 0.616. The Morgan fingerprint density at radius 1 is 1.44 bits per heavy atom. The Morgan fingerprint density at radius 3 is 2.75 bits per heavy atom. The molecule has 0 aromatic carbocycles. The Balaban J connectivity index is 2.90. The van der Waals surface area contributed by atoms with Crippen molar-refractivity contribution in [3.63, 3.8) is 0 Å². The van der Waals surface area contributed by atoms with Crippen LogP contribution in [0.4, 0.5) is 10.2 Å². The van der Waals surface area contributed by atoms with Crippen molar-refractivity contribution in [1.82, 2.24) is 4.98 Å². The third-order valence-electron chi connectivity index (χ3n) is 2.59. The van der Waals surface area contributed by atoms with Crippen LogP contribution in [0.3, 0.4) is 0 Å². The molecule has 0 saturated carbocycles. The molecule has 0 aliphatic heterocycles. The summed E-state index contributed by atoms with van der Waals surface area (Å²) in [5.41, 5.74) is 6.38. The number of halogens is 1. The van der Waals surface area contributed by atoms with E-state index in [1.807, 2.05) is 0 Å². The minimum Gasteiger partial charge on any atom is -0.357 e. The highest BCUT2D eigenvalue weighted by Crippen LogP contribution is 2.18. The maximum absolute atomic E-state index is 13.0. The Kier molecular flexibility index (Phi) is 5.19. The van der Waals surface area contributed by atoms with Crippen LogP contribution in [0.25, 0.3) is 0 Å². The van der Waals surface area contributed by atoms with Crippen molar-refractivity contribution in [3.05, 3.63) is 23.6 Å². The zero-order valence-corrected chi connectivity index (χ0v) is 10.0. The summed E-state index contributed by atoms with van der Waals surface area (Å²) in [5.74, 6) is 0.496. The minimum absolute atomic E-state index is 0.322. The first-order valence-corrected chi connectivity index (χ1v) is 5.82. The molecule has 1 heterocycles. The molecule has 0 radical (unpaired) electrons. The quantitative estimate of drug-likeness (QED) is 0.807. The normalized spacial score (nSPS) is 10.5. The largest absolute Gasteiger partial charge is 0.357 e. The molecule has 0 spiro atoms. The van der Waals surface area contributed by atoms with Crippen LogP contribution >= 0.6 is 0 Å². The van der Waals surface area contributed by atoms with Crippen LogP contribution in [-0.2, 0) is 6.54 Å². The number of unbranched alkanes of at least 4 members (excludes halogenated alkanes) is 1. The second-order valence-electron chi connectivity index (χ2n) is 3.77. The summed E-state index contributed by atoms with van der Waals surface area (Å²) in [7, 11) is 0. The van der Waals surface area contributed by atoms with E-state index in [2.05, 4.69) is 23.7 Å². The van der Waals surface area contributed by atoms with E-state index in [1.165, 1.54) is 12.3 Å². The van der Waals surface area contributed by atoms with E-state index >= 15 is 0 Å². The number of aromatic nitrogens is 1. The van der Waals surface area contributed by atoms with E-state index in [1.54, 1.807) is 0 Å². The number of nitrogens with two attached hydrogens (primary N) is 1. The van der Waals surface area contributed by atoms with Gasteiger partial charge in [0.25, 0.3) is 0 Å². The highest BCUT2D eigenvalue weighted by Gasteiger charge is 2.10. The van der Waals surface area contributed by atoms with Gasteiger partial charge in [0.05, 0.1) is 6.20 Å². The van der Waals surface area contributed by atoms with Crippen molar-refractivity contribution in [1.29, 1.82) is 0 Å². The molecule has 0 bridgehead atoms. The van der Waals surface area contributed by atoms with Crippen LogP contribution in [0, 0.1) is 5.82 Å². The van der Waals surface area contributed by atoms with Gasteiger partial charge in [0.2, 0.25) is 0 Å². The third kappa shape index (κ3) is 3.17. The minimum atomic E-state index is -0.323. The molecule has 0 amide bonds. The molecule has 0 aliphatic carbocycles. The molecule has 0 fully saturated rings. The smallest absolute Gasteiger partial charge is 0.141 e. The van der Waals surface area contributed by atoms with Crippen LogP contribution in [0.5, 0.6) is 0 Å². The molecule has 1 aromatic rings. The Labute approximate surface area is 96.5 Å². The highest BCUT2D eigenvalue weighted by atomic mass is 19.1. The zero-order valence-electron chi connectivity index (χ0n) is 10.0. The molecular weight excluding hydrogens is 205 g/mol. The van der Waals surface area contributed by atoms with E-state index in [0.717, 1.165) is 37.3 Å². The van der Waals surface area contributed by atoms with Crippen LogP contribution in [0.15, 0.2) is 12.3 Å². The summed E-state index contributed by atoms with van der Waals surface area (Å²) in [6.45, 7) is 6.35.